The van der Waals surface area contributed by atoms with Crippen LogP contribution in [0.15, 0.2) is 9.27 Å². The topological polar surface area (TPSA) is 118 Å². The fraction of sp³-hybridized carbons (Fsp3) is 0.273. The van der Waals surface area contributed by atoms with Crippen LogP contribution in [0.4, 0.5) is 5.69 Å². The summed E-state index contributed by atoms with van der Waals surface area (Å²) in [5.74, 6) is -0.527. The second kappa shape index (κ2) is 5.08. The van der Waals surface area contributed by atoms with Crippen LogP contribution in [0.3, 0.4) is 0 Å². The van der Waals surface area contributed by atoms with Crippen molar-refractivity contribution in [2.45, 2.75) is 13.3 Å². The number of benzene rings is 1. The Morgan fingerprint density at radius 1 is 1.40 bits per heavy atom. The summed E-state index contributed by atoms with van der Waals surface area (Å²) in [4.78, 5) is 38.3. The van der Waals surface area contributed by atoms with E-state index < -0.39 is 16.6 Å². The monoisotopic (exact) mass is 343 g/mol. The van der Waals surface area contributed by atoms with Gasteiger partial charge in [-0.25, -0.2) is 4.79 Å². The van der Waals surface area contributed by atoms with Gasteiger partial charge in [0.1, 0.15) is 5.52 Å². The molecule has 8 nitrogen and oxygen atoms in total. The van der Waals surface area contributed by atoms with E-state index in [2.05, 4.69) is 30.6 Å². The van der Waals surface area contributed by atoms with E-state index in [-0.39, 0.29) is 23.1 Å². The average molecular weight is 344 g/mol. The van der Waals surface area contributed by atoms with Crippen molar-refractivity contribution in [1.29, 1.82) is 0 Å². The molecule has 0 radical (unpaired) electrons. The summed E-state index contributed by atoms with van der Waals surface area (Å²) in [6.07, 6.45) is -0.132. The highest BCUT2D eigenvalue weighted by molar-refractivity contribution is 9.10. The van der Waals surface area contributed by atoms with Gasteiger partial charge in [-0.1, -0.05) is 0 Å². The Morgan fingerprint density at radius 2 is 2.00 bits per heavy atom. The first-order chi connectivity index (χ1) is 9.36. The van der Waals surface area contributed by atoms with Gasteiger partial charge in [-0.3, -0.25) is 19.9 Å². The number of carbonyl (C=O) groups is 1. The zero-order valence-corrected chi connectivity index (χ0v) is 12.2. The second-order valence-electron chi connectivity index (χ2n) is 4.11. The minimum absolute atomic E-state index is 0.0954. The largest absolute Gasteiger partial charge is 0.469 e. The van der Waals surface area contributed by atoms with Gasteiger partial charge in [-0.15, -0.1) is 0 Å². The smallest absolute Gasteiger partial charge is 0.324 e. The van der Waals surface area contributed by atoms with Crippen LogP contribution in [0, 0.1) is 17.0 Å². The Hall–Kier alpha value is -2.16. The molecule has 2 N–H and O–H groups in total. The van der Waals surface area contributed by atoms with Gasteiger partial charge in [0, 0.05) is 10.0 Å². The number of carbonyl (C=O) groups excluding carboxylic acids is 1. The normalized spacial score (nSPS) is 10.8. The molecule has 1 heterocycles. The molecule has 106 valence electrons. The number of aromatic amines is 2. The fourth-order valence-corrected chi connectivity index (χ4v) is 2.76. The van der Waals surface area contributed by atoms with Crippen LogP contribution >= 0.6 is 15.9 Å². The second-order valence-corrected chi connectivity index (χ2v) is 4.90. The van der Waals surface area contributed by atoms with E-state index in [1.54, 1.807) is 0 Å². The zero-order chi connectivity index (χ0) is 15.0. The fourth-order valence-electron chi connectivity index (χ4n) is 2.03. The van der Waals surface area contributed by atoms with Crippen LogP contribution < -0.4 is 5.69 Å². The number of aromatic nitrogens is 2. The first-order valence-electron chi connectivity index (χ1n) is 5.51. The third-order valence-corrected chi connectivity index (χ3v) is 3.86. The SMILES string of the molecule is COC(=O)Cc1c(C)c([N+](=O)[O-])c2[nH]c(=O)[nH]c2c1Br. The number of nitrogens with zero attached hydrogens (tertiary/aromatic N) is 1. The predicted octanol–water partition coefficient (Wildman–Crippen LogP) is 1.55. The summed E-state index contributed by atoms with van der Waals surface area (Å²) in [5, 5.41) is 11.2. The molecule has 0 fully saturated rings. The number of rotatable bonds is 3. The Labute approximate surface area is 120 Å². The molecule has 0 atom stereocenters. The van der Waals surface area contributed by atoms with Gasteiger partial charge in [0.05, 0.1) is 24.0 Å². The lowest BCUT2D eigenvalue weighted by Gasteiger charge is -2.09. The number of nitrogens with one attached hydrogen (secondary N) is 2. The minimum Gasteiger partial charge on any atom is -0.469 e. The molecule has 2 rings (SSSR count). The van der Waals surface area contributed by atoms with Crippen molar-refractivity contribution >= 4 is 38.6 Å². The number of fused-ring (bicyclic) bond motifs is 1. The molecule has 0 unspecified atom stereocenters. The van der Waals surface area contributed by atoms with Crippen molar-refractivity contribution in [3.63, 3.8) is 0 Å². The molecule has 0 saturated heterocycles. The van der Waals surface area contributed by atoms with Gasteiger partial charge in [-0.2, -0.15) is 0 Å². The van der Waals surface area contributed by atoms with Gasteiger partial charge in [0.2, 0.25) is 0 Å². The minimum atomic E-state index is -0.589. The van der Waals surface area contributed by atoms with E-state index in [9.17, 15) is 19.7 Å². The maximum atomic E-state index is 11.4. The molecular weight excluding hydrogens is 334 g/mol. The van der Waals surface area contributed by atoms with Crippen LogP contribution in [-0.4, -0.2) is 28.0 Å². The molecule has 1 aromatic heterocycles. The lowest BCUT2D eigenvalue weighted by atomic mass is 10.0. The van der Waals surface area contributed by atoms with E-state index in [4.69, 9.17) is 0 Å². The Bertz CT molecular complexity index is 776. The molecule has 0 amide bonds. The van der Waals surface area contributed by atoms with Crippen molar-refractivity contribution < 1.29 is 14.5 Å². The standard InChI is InChI=1S/C11H10BrN3O5/c1-4-5(3-6(16)20-2)7(12)8-9(10(4)15(18)19)14-11(17)13-8/h3H2,1-2H3,(H2,13,14,17). The van der Waals surface area contributed by atoms with Crippen LogP contribution in [-0.2, 0) is 16.0 Å². The molecule has 0 saturated carbocycles. The summed E-state index contributed by atoms with van der Waals surface area (Å²) < 4.78 is 5.00. The number of hydrogen-bond donors (Lipinski definition) is 2. The molecule has 20 heavy (non-hydrogen) atoms. The molecule has 1 aromatic carbocycles. The molecule has 0 spiro atoms. The number of nitro benzene ring substituents is 1. The number of nitro groups is 1. The summed E-state index contributed by atoms with van der Waals surface area (Å²) in [6, 6.07) is 0. The molecule has 0 aliphatic carbocycles. The van der Waals surface area contributed by atoms with Crippen molar-refractivity contribution in [1.82, 2.24) is 9.97 Å². The maximum Gasteiger partial charge on any atom is 0.324 e. The van der Waals surface area contributed by atoms with Crippen LogP contribution in [0.5, 0.6) is 0 Å². The highest BCUT2D eigenvalue weighted by Crippen LogP contribution is 2.36. The zero-order valence-electron chi connectivity index (χ0n) is 10.6. The van der Waals surface area contributed by atoms with E-state index in [0.29, 0.717) is 15.6 Å². The lowest BCUT2D eigenvalue weighted by Crippen LogP contribution is -2.08. The first kappa shape index (κ1) is 14.3. The third-order valence-electron chi connectivity index (χ3n) is 2.99. The Kier molecular flexibility index (Phi) is 3.62. The Balaban J connectivity index is 2.84. The highest BCUT2D eigenvalue weighted by atomic mass is 79.9. The maximum absolute atomic E-state index is 11.4. The number of hydrogen-bond acceptors (Lipinski definition) is 5. The summed E-state index contributed by atoms with van der Waals surface area (Å²) in [5.41, 5.74) is 0.268. The molecule has 0 aliphatic heterocycles. The van der Waals surface area contributed by atoms with E-state index in [0.717, 1.165) is 0 Å². The van der Waals surface area contributed by atoms with Crippen molar-refractivity contribution in [2.75, 3.05) is 7.11 Å². The number of H-pyrrole nitrogens is 2. The van der Waals surface area contributed by atoms with Gasteiger partial charge < -0.3 is 9.72 Å². The van der Waals surface area contributed by atoms with Gasteiger partial charge in [-0.05, 0) is 28.4 Å². The number of halogens is 1. The number of imidazole rings is 1. The van der Waals surface area contributed by atoms with Crippen molar-refractivity contribution in [3.05, 3.63) is 36.2 Å². The molecular formula is C11H10BrN3O5. The third kappa shape index (κ3) is 2.20. The molecule has 9 heteroatoms. The number of esters is 1. The molecule has 0 bridgehead atoms. The van der Waals surface area contributed by atoms with E-state index >= 15 is 0 Å². The first-order valence-corrected chi connectivity index (χ1v) is 6.30. The number of methoxy groups -OCH3 is 1. The van der Waals surface area contributed by atoms with Crippen LogP contribution in [0.2, 0.25) is 0 Å². The number of ether oxygens (including phenoxy) is 1. The van der Waals surface area contributed by atoms with E-state index in [1.807, 2.05) is 0 Å². The lowest BCUT2D eigenvalue weighted by molar-refractivity contribution is -0.383. The Morgan fingerprint density at radius 3 is 2.55 bits per heavy atom. The van der Waals surface area contributed by atoms with Crippen molar-refractivity contribution in [3.8, 4) is 0 Å². The summed E-state index contributed by atoms with van der Waals surface area (Å²) >= 11 is 3.27. The van der Waals surface area contributed by atoms with Crippen LogP contribution in [0.25, 0.3) is 11.0 Å². The van der Waals surface area contributed by atoms with Gasteiger partial charge >= 0.3 is 11.7 Å². The van der Waals surface area contributed by atoms with Gasteiger partial charge in [0.15, 0.2) is 0 Å². The predicted molar refractivity (Wildman–Crippen MR) is 73.7 cm³/mol. The van der Waals surface area contributed by atoms with Crippen LogP contribution in [0.1, 0.15) is 11.1 Å². The molecule has 0 aliphatic rings. The quantitative estimate of drug-likeness (QED) is 0.498. The van der Waals surface area contributed by atoms with E-state index in [1.165, 1.54) is 14.0 Å². The highest BCUT2D eigenvalue weighted by Gasteiger charge is 2.26. The summed E-state index contributed by atoms with van der Waals surface area (Å²) in [7, 11) is 1.23. The average Bonchev–Trinajstić information content (AvgIpc) is 2.75. The van der Waals surface area contributed by atoms with Crippen molar-refractivity contribution in [2.24, 2.45) is 0 Å². The summed E-state index contributed by atoms with van der Waals surface area (Å²) in [6.45, 7) is 1.52. The van der Waals surface area contributed by atoms with Gasteiger partial charge in [0.25, 0.3) is 5.69 Å². The molecule has 2 aromatic rings.